The van der Waals surface area contributed by atoms with Gasteiger partial charge in [-0.2, -0.15) is 0 Å². The Kier molecular flexibility index (Phi) is 6.16. The second-order valence-electron chi connectivity index (χ2n) is 5.05. The molecule has 0 aliphatic heterocycles. The molecule has 0 aliphatic carbocycles. The summed E-state index contributed by atoms with van der Waals surface area (Å²) in [5, 5.41) is 11.7. The Balaban J connectivity index is 3.20. The van der Waals surface area contributed by atoms with Crippen molar-refractivity contribution in [3.63, 3.8) is 0 Å². The van der Waals surface area contributed by atoms with E-state index in [0.717, 1.165) is 20.3 Å². The molecule has 1 heterocycles. The van der Waals surface area contributed by atoms with E-state index < -0.39 is 22.5 Å². The first-order valence-corrected chi connectivity index (χ1v) is 8.46. The van der Waals surface area contributed by atoms with Gasteiger partial charge in [0.15, 0.2) is 11.5 Å². The number of hydrogen-bond acceptors (Lipinski definition) is 9. The molecule has 144 valence electrons. The van der Waals surface area contributed by atoms with Crippen molar-refractivity contribution in [2.75, 3.05) is 28.4 Å². The number of nitro benzene ring substituents is 1. The monoisotopic (exact) mass is 442 g/mol. The van der Waals surface area contributed by atoms with Crippen LogP contribution in [0.3, 0.4) is 0 Å². The highest BCUT2D eigenvalue weighted by molar-refractivity contribution is 9.08. The summed E-state index contributed by atoms with van der Waals surface area (Å²) < 4.78 is 20.0. The average Bonchev–Trinajstić information content (AvgIpc) is 2.69. The van der Waals surface area contributed by atoms with Crippen LogP contribution >= 0.6 is 15.9 Å². The van der Waals surface area contributed by atoms with Crippen molar-refractivity contribution >= 4 is 44.5 Å². The Bertz CT molecular complexity index is 944. The lowest BCUT2D eigenvalue weighted by molar-refractivity contribution is -0.383. The number of nitro groups is 1. The molecule has 27 heavy (non-hydrogen) atoms. The lowest BCUT2D eigenvalue weighted by Crippen LogP contribution is -2.12. The zero-order valence-electron chi connectivity index (χ0n) is 14.8. The van der Waals surface area contributed by atoms with Gasteiger partial charge in [0.05, 0.1) is 49.9 Å². The van der Waals surface area contributed by atoms with Gasteiger partial charge in [0.25, 0.3) is 5.69 Å². The van der Waals surface area contributed by atoms with Crippen LogP contribution in [0.5, 0.6) is 11.5 Å². The van der Waals surface area contributed by atoms with E-state index in [9.17, 15) is 19.7 Å². The molecule has 0 N–H and O–H groups in total. The number of aromatic nitrogens is 1. The largest absolute Gasteiger partial charge is 0.492 e. The number of carbonyl (C=O) groups excluding carboxylic acids is 2. The van der Waals surface area contributed by atoms with Crippen molar-refractivity contribution in [2.45, 2.75) is 5.33 Å². The fourth-order valence-electron chi connectivity index (χ4n) is 2.66. The maximum absolute atomic E-state index is 12.3. The Morgan fingerprint density at radius 2 is 1.70 bits per heavy atom. The van der Waals surface area contributed by atoms with Crippen molar-refractivity contribution in [1.82, 2.24) is 4.98 Å². The predicted molar refractivity (Wildman–Crippen MR) is 96.8 cm³/mol. The van der Waals surface area contributed by atoms with E-state index in [-0.39, 0.29) is 44.6 Å². The van der Waals surface area contributed by atoms with Crippen molar-refractivity contribution in [3.05, 3.63) is 33.0 Å². The zero-order chi connectivity index (χ0) is 20.3. The van der Waals surface area contributed by atoms with Gasteiger partial charge in [-0.25, -0.2) is 14.6 Å². The number of hydrogen-bond donors (Lipinski definition) is 0. The van der Waals surface area contributed by atoms with E-state index in [4.69, 9.17) is 14.2 Å². The third-order valence-corrected chi connectivity index (χ3v) is 4.32. The number of esters is 2. The molecule has 0 bridgehead atoms. The average molecular weight is 443 g/mol. The van der Waals surface area contributed by atoms with Gasteiger partial charge in [0, 0.05) is 5.33 Å². The summed E-state index contributed by atoms with van der Waals surface area (Å²) in [6.45, 7) is 0. The van der Waals surface area contributed by atoms with Crippen molar-refractivity contribution in [1.29, 1.82) is 0 Å². The highest BCUT2D eigenvalue weighted by Crippen LogP contribution is 2.47. The number of carbonyl (C=O) groups is 2. The van der Waals surface area contributed by atoms with Crippen LogP contribution in [0.1, 0.15) is 26.4 Å². The van der Waals surface area contributed by atoms with Crippen LogP contribution in [-0.2, 0) is 14.8 Å². The number of pyridine rings is 1. The lowest BCUT2D eigenvalue weighted by atomic mass is 10.0. The quantitative estimate of drug-likeness (QED) is 0.287. The minimum absolute atomic E-state index is 0.0310. The van der Waals surface area contributed by atoms with E-state index >= 15 is 0 Å². The minimum Gasteiger partial charge on any atom is -0.492 e. The van der Waals surface area contributed by atoms with Crippen LogP contribution in [0.2, 0.25) is 0 Å². The summed E-state index contributed by atoms with van der Waals surface area (Å²) in [6, 6.07) is 1.08. The third-order valence-electron chi connectivity index (χ3n) is 3.76. The Labute approximate surface area is 161 Å². The number of ether oxygens (including phenoxy) is 4. The van der Waals surface area contributed by atoms with E-state index in [1.165, 1.54) is 14.2 Å². The summed E-state index contributed by atoms with van der Waals surface area (Å²) in [6.07, 6.45) is 0. The van der Waals surface area contributed by atoms with E-state index in [1.54, 1.807) is 0 Å². The second kappa shape index (κ2) is 8.16. The van der Waals surface area contributed by atoms with Crippen molar-refractivity contribution in [2.24, 2.45) is 0 Å². The van der Waals surface area contributed by atoms with Gasteiger partial charge < -0.3 is 18.9 Å². The molecule has 1 aromatic heterocycles. The number of fused-ring (bicyclic) bond motifs is 1. The summed E-state index contributed by atoms with van der Waals surface area (Å²) in [7, 11) is 4.88. The fourth-order valence-corrected chi connectivity index (χ4v) is 3.18. The molecule has 0 aliphatic rings. The number of methoxy groups -OCH3 is 4. The van der Waals surface area contributed by atoms with Crippen LogP contribution in [0.25, 0.3) is 10.9 Å². The molecular formula is C16H15BrN2O8. The predicted octanol–water partition coefficient (Wildman–Crippen LogP) is 2.63. The first-order chi connectivity index (χ1) is 12.9. The first kappa shape index (κ1) is 20.4. The Morgan fingerprint density at radius 3 is 2.15 bits per heavy atom. The van der Waals surface area contributed by atoms with Crippen molar-refractivity contribution < 1.29 is 33.5 Å². The van der Waals surface area contributed by atoms with E-state index in [2.05, 4.69) is 25.7 Å². The zero-order valence-corrected chi connectivity index (χ0v) is 16.4. The van der Waals surface area contributed by atoms with Crippen LogP contribution in [-0.4, -0.2) is 50.3 Å². The van der Waals surface area contributed by atoms with Gasteiger partial charge in [0.1, 0.15) is 11.2 Å². The number of alkyl halides is 1. The normalized spacial score (nSPS) is 10.4. The maximum Gasteiger partial charge on any atom is 0.356 e. The van der Waals surface area contributed by atoms with Crippen LogP contribution in [0, 0.1) is 10.1 Å². The topological polar surface area (TPSA) is 127 Å². The number of nitrogens with zero attached hydrogens (tertiary/aromatic N) is 2. The van der Waals surface area contributed by atoms with Gasteiger partial charge in [-0.3, -0.25) is 10.1 Å². The molecule has 0 amide bonds. The van der Waals surface area contributed by atoms with Gasteiger partial charge in [0.2, 0.25) is 0 Å². The number of rotatable bonds is 6. The van der Waals surface area contributed by atoms with E-state index in [1.807, 2.05) is 0 Å². The molecule has 11 heteroatoms. The standard InChI is InChI=1S/C16H15BrN2O8/c1-24-13-8(6-17)12(19(22)23)10-7(15(20)26-3)5-9(16(21)27-4)18-11(10)14(13)25-2/h5H,6H2,1-4H3. The molecule has 0 radical (unpaired) electrons. The molecule has 0 saturated carbocycles. The smallest absolute Gasteiger partial charge is 0.356 e. The SMILES string of the molecule is COC(=O)c1cc(C(=O)OC)c2c([N+](=O)[O-])c(CBr)c(OC)c(OC)c2n1. The number of halogens is 1. The van der Waals surface area contributed by atoms with Crippen LogP contribution < -0.4 is 9.47 Å². The summed E-state index contributed by atoms with van der Waals surface area (Å²) in [5.74, 6) is -1.64. The van der Waals surface area contributed by atoms with Gasteiger partial charge in [-0.15, -0.1) is 0 Å². The highest BCUT2D eigenvalue weighted by Gasteiger charge is 2.33. The molecule has 0 saturated heterocycles. The van der Waals surface area contributed by atoms with Crippen molar-refractivity contribution in [3.8, 4) is 11.5 Å². The molecule has 2 aromatic rings. The summed E-state index contributed by atoms with van der Waals surface area (Å²) in [5.41, 5.74) is -0.841. The number of benzene rings is 1. The molecular weight excluding hydrogens is 428 g/mol. The fraction of sp³-hybridized carbons (Fsp3) is 0.312. The summed E-state index contributed by atoms with van der Waals surface area (Å²) in [4.78, 5) is 39.5. The van der Waals surface area contributed by atoms with Gasteiger partial charge in [-0.1, -0.05) is 15.9 Å². The maximum atomic E-state index is 12.3. The molecule has 2 rings (SSSR count). The van der Waals surface area contributed by atoms with Gasteiger partial charge in [-0.05, 0) is 6.07 Å². The third kappa shape index (κ3) is 3.37. The molecule has 0 unspecified atom stereocenters. The highest BCUT2D eigenvalue weighted by atomic mass is 79.9. The molecule has 1 aromatic carbocycles. The molecule has 10 nitrogen and oxygen atoms in total. The van der Waals surface area contributed by atoms with Crippen LogP contribution in [0.15, 0.2) is 6.07 Å². The lowest BCUT2D eigenvalue weighted by Gasteiger charge is -2.16. The molecule has 0 fully saturated rings. The second-order valence-corrected chi connectivity index (χ2v) is 5.61. The minimum atomic E-state index is -0.886. The Hall–Kier alpha value is -2.95. The Morgan fingerprint density at radius 1 is 1.11 bits per heavy atom. The van der Waals surface area contributed by atoms with E-state index in [0.29, 0.717) is 0 Å². The van der Waals surface area contributed by atoms with Gasteiger partial charge >= 0.3 is 11.9 Å². The van der Waals surface area contributed by atoms with Crippen LogP contribution in [0.4, 0.5) is 5.69 Å². The molecule has 0 atom stereocenters. The molecule has 0 spiro atoms. The summed E-state index contributed by atoms with van der Waals surface area (Å²) >= 11 is 3.19. The first-order valence-electron chi connectivity index (χ1n) is 7.34.